The second kappa shape index (κ2) is 8.26. The molecule has 1 amide bonds. The van der Waals surface area contributed by atoms with E-state index >= 15 is 0 Å². The molecule has 5 aliphatic carbocycles. The maximum Gasteiger partial charge on any atom is 0.321 e. The number of aromatic nitrogens is 1. The van der Waals surface area contributed by atoms with Crippen LogP contribution in [0.2, 0.25) is 0 Å². The monoisotopic (exact) mass is 558 g/mol. The lowest BCUT2D eigenvalue weighted by Gasteiger charge is -2.68. The minimum absolute atomic E-state index is 0.00470. The normalized spacial score (nSPS) is 45.7. The van der Waals surface area contributed by atoms with Crippen molar-refractivity contribution in [3.63, 3.8) is 0 Å². The zero-order chi connectivity index (χ0) is 29.3. The van der Waals surface area contributed by atoms with E-state index in [1.807, 2.05) is 13.0 Å². The quantitative estimate of drug-likeness (QED) is 0.466. The lowest BCUT2D eigenvalue weighted by atomic mass is 9.36. The summed E-state index contributed by atoms with van der Waals surface area (Å²) < 4.78 is 33.4. The molecule has 2 N–H and O–H groups in total. The number of hydrogen-bond donors (Lipinski definition) is 2. The Morgan fingerprint density at radius 3 is 2.48 bits per heavy atom. The fourth-order valence-corrected chi connectivity index (χ4v) is 10.7. The van der Waals surface area contributed by atoms with Gasteiger partial charge in [0, 0.05) is 30.4 Å². The van der Waals surface area contributed by atoms with Gasteiger partial charge in [0.1, 0.15) is 5.60 Å². The molecule has 1 aromatic rings. The molecule has 0 bridgehead atoms. The average Bonchev–Trinajstić information content (AvgIpc) is 3.28. The lowest BCUT2D eigenvalue weighted by Crippen LogP contribution is -2.65. The number of nitrogens with zero attached hydrogens (tertiary/aromatic N) is 1. The van der Waals surface area contributed by atoms with Gasteiger partial charge in [-0.15, -0.1) is 0 Å². The minimum atomic E-state index is -3.44. The van der Waals surface area contributed by atoms with E-state index in [1.165, 1.54) is 0 Å². The summed E-state index contributed by atoms with van der Waals surface area (Å²) in [6.45, 7) is 13.5. The summed E-state index contributed by atoms with van der Waals surface area (Å²) in [5, 5.41) is 18.5. The van der Waals surface area contributed by atoms with Crippen LogP contribution in [-0.2, 0) is 21.6 Å². The van der Waals surface area contributed by atoms with Gasteiger partial charge in [0.2, 0.25) is 0 Å². The van der Waals surface area contributed by atoms with Gasteiger partial charge in [0.15, 0.2) is 11.5 Å². The van der Waals surface area contributed by atoms with Gasteiger partial charge in [0.05, 0.1) is 6.20 Å². The third-order valence-corrected chi connectivity index (χ3v) is 12.6. The average molecular weight is 559 g/mol. The van der Waals surface area contributed by atoms with Crippen molar-refractivity contribution in [3.05, 3.63) is 29.2 Å². The van der Waals surface area contributed by atoms with Gasteiger partial charge in [-0.25, -0.2) is 0 Å². The predicted molar refractivity (Wildman–Crippen MR) is 145 cm³/mol. The standard InChI is InChI=1S/C32H44F2N2O4/c1-27(2)14-19-18(20(15-27)36-26(38)32(7,33)34)8-10-30(5)24(19)21(37)12-23-28(3)13-17-16-35-40-25(17)31(6,39)22(28)9-11-29(23,30)4/h12,16,18-20,22,24,39H,8-11,13-15H2,1-7H3,(H,36,38)/t18?,19-,20-,22-,24+,28+,29-,30-,31+/m1/s1. The first-order chi connectivity index (χ1) is 18.4. The summed E-state index contributed by atoms with van der Waals surface area (Å²) in [4.78, 5) is 26.8. The van der Waals surface area contributed by atoms with Crippen molar-refractivity contribution >= 4 is 11.7 Å². The molecule has 3 saturated carbocycles. The molecule has 3 fully saturated rings. The summed E-state index contributed by atoms with van der Waals surface area (Å²) in [6.07, 6.45) is 8.97. The molecular formula is C32H44F2N2O4. The van der Waals surface area contributed by atoms with Crippen molar-refractivity contribution in [1.82, 2.24) is 10.5 Å². The third kappa shape index (κ3) is 3.62. The summed E-state index contributed by atoms with van der Waals surface area (Å²) >= 11 is 0. The molecule has 0 spiro atoms. The maximum atomic E-state index is 14.4. The van der Waals surface area contributed by atoms with Gasteiger partial charge in [-0.05, 0) is 91.4 Å². The van der Waals surface area contributed by atoms with E-state index in [-0.39, 0.29) is 51.7 Å². The number of amides is 1. The molecule has 1 unspecified atom stereocenters. The Bertz CT molecular complexity index is 1290. The van der Waals surface area contributed by atoms with Gasteiger partial charge in [-0.2, -0.15) is 8.78 Å². The molecule has 40 heavy (non-hydrogen) atoms. The Kier molecular flexibility index (Phi) is 5.79. The maximum absolute atomic E-state index is 14.4. The zero-order valence-electron chi connectivity index (χ0n) is 24.9. The Morgan fingerprint density at radius 1 is 1.10 bits per heavy atom. The van der Waals surface area contributed by atoms with E-state index in [9.17, 15) is 23.5 Å². The summed E-state index contributed by atoms with van der Waals surface area (Å²) in [5.41, 5.74) is -0.343. The molecule has 6 nitrogen and oxygen atoms in total. The van der Waals surface area contributed by atoms with Crippen molar-refractivity contribution in [2.75, 3.05) is 0 Å². The Labute approximate surface area is 235 Å². The van der Waals surface area contributed by atoms with Crippen LogP contribution in [0.4, 0.5) is 8.78 Å². The van der Waals surface area contributed by atoms with E-state index in [0.717, 1.165) is 43.2 Å². The fourth-order valence-electron chi connectivity index (χ4n) is 10.7. The Hall–Kier alpha value is -2.09. The molecular weight excluding hydrogens is 514 g/mol. The van der Waals surface area contributed by atoms with Crippen LogP contribution in [0, 0.1) is 45.3 Å². The minimum Gasteiger partial charge on any atom is -0.382 e. The number of fused-ring (bicyclic) bond motifs is 8. The van der Waals surface area contributed by atoms with Gasteiger partial charge in [-0.1, -0.05) is 45.3 Å². The molecule has 1 aromatic heterocycles. The molecule has 6 rings (SSSR count). The van der Waals surface area contributed by atoms with E-state index < -0.39 is 22.8 Å². The van der Waals surface area contributed by atoms with Crippen LogP contribution in [0.5, 0.6) is 0 Å². The van der Waals surface area contributed by atoms with Crippen LogP contribution < -0.4 is 5.32 Å². The van der Waals surface area contributed by atoms with Crippen LogP contribution in [-0.4, -0.2) is 33.9 Å². The van der Waals surface area contributed by atoms with Crippen molar-refractivity contribution in [2.24, 2.45) is 45.3 Å². The number of alkyl halides is 2. The zero-order valence-corrected chi connectivity index (χ0v) is 24.9. The van der Waals surface area contributed by atoms with Gasteiger partial charge >= 0.3 is 5.92 Å². The number of halogens is 2. The van der Waals surface area contributed by atoms with Crippen LogP contribution in [0.15, 0.2) is 22.4 Å². The number of nitrogens with one attached hydrogen (secondary N) is 1. The first-order valence-corrected chi connectivity index (χ1v) is 15.0. The molecule has 8 heteroatoms. The molecule has 5 aliphatic rings. The van der Waals surface area contributed by atoms with E-state index in [1.54, 1.807) is 6.20 Å². The van der Waals surface area contributed by atoms with Gasteiger partial charge in [-0.3, -0.25) is 9.59 Å². The highest BCUT2D eigenvalue weighted by Crippen LogP contribution is 2.73. The van der Waals surface area contributed by atoms with Crippen molar-refractivity contribution in [1.29, 1.82) is 0 Å². The van der Waals surface area contributed by atoms with Gasteiger partial charge < -0.3 is 14.9 Å². The highest BCUT2D eigenvalue weighted by Gasteiger charge is 2.69. The van der Waals surface area contributed by atoms with Crippen LogP contribution in [0.3, 0.4) is 0 Å². The topological polar surface area (TPSA) is 92.4 Å². The largest absolute Gasteiger partial charge is 0.382 e. The number of ketones is 1. The third-order valence-electron chi connectivity index (χ3n) is 12.6. The number of carbonyl (C=O) groups is 2. The molecule has 1 heterocycles. The van der Waals surface area contributed by atoms with Crippen LogP contribution in [0.1, 0.15) is 98.3 Å². The van der Waals surface area contributed by atoms with Crippen molar-refractivity contribution < 1.29 is 28.0 Å². The highest BCUT2D eigenvalue weighted by atomic mass is 19.3. The summed E-state index contributed by atoms with van der Waals surface area (Å²) in [6, 6.07) is -0.378. The van der Waals surface area contributed by atoms with E-state index in [2.05, 4.69) is 45.1 Å². The first kappa shape index (κ1) is 28.0. The fraction of sp³-hybridized carbons (Fsp3) is 0.781. The predicted octanol–water partition coefficient (Wildman–Crippen LogP) is 5.98. The highest BCUT2D eigenvalue weighted by molar-refractivity contribution is 5.95. The second-order valence-corrected chi connectivity index (χ2v) is 15.6. The smallest absolute Gasteiger partial charge is 0.321 e. The molecule has 220 valence electrons. The first-order valence-electron chi connectivity index (χ1n) is 15.0. The van der Waals surface area contributed by atoms with Crippen LogP contribution in [0.25, 0.3) is 0 Å². The molecule has 0 aliphatic heterocycles. The molecule has 0 saturated heterocycles. The SMILES string of the molecule is CC1(C)C[C@@H]2C(CC[C@]3(C)[C@@H]2C(=O)C=C2[C@@]4(C)Cc5cnoc5[C@@](C)(O)[C@@H]4CC[C@]23C)[C@H](NC(=O)C(C)(F)F)C1. The van der Waals surface area contributed by atoms with Crippen molar-refractivity contribution in [3.8, 4) is 0 Å². The van der Waals surface area contributed by atoms with E-state index in [0.29, 0.717) is 25.5 Å². The Morgan fingerprint density at radius 2 is 1.80 bits per heavy atom. The van der Waals surface area contributed by atoms with Gasteiger partial charge in [0.25, 0.3) is 5.91 Å². The van der Waals surface area contributed by atoms with Crippen molar-refractivity contribution in [2.45, 2.75) is 111 Å². The Balaban J connectivity index is 1.42. The van der Waals surface area contributed by atoms with Crippen LogP contribution >= 0.6 is 0 Å². The summed E-state index contributed by atoms with van der Waals surface area (Å²) in [5.74, 6) is -4.36. The number of allylic oxidation sites excluding steroid dienone is 2. The number of carbonyl (C=O) groups excluding carboxylic acids is 2. The van der Waals surface area contributed by atoms with E-state index in [4.69, 9.17) is 4.52 Å². The molecule has 9 atom stereocenters. The number of aliphatic hydroxyl groups is 1. The molecule has 0 radical (unpaired) electrons. The molecule has 0 aromatic carbocycles. The second-order valence-electron chi connectivity index (χ2n) is 15.6. The number of hydrogen-bond acceptors (Lipinski definition) is 5. The number of rotatable bonds is 2. The lowest BCUT2D eigenvalue weighted by molar-refractivity contribution is -0.168. The summed E-state index contributed by atoms with van der Waals surface area (Å²) in [7, 11) is 0.